The summed E-state index contributed by atoms with van der Waals surface area (Å²) in [6.07, 6.45) is 1.22. The molecule has 0 bridgehead atoms. The SMILES string of the molecule is COc1ccc(Oc2cc3c(cc2Cl)=NC(=O)C(=O)C=3)cc1. The van der Waals surface area contributed by atoms with Gasteiger partial charge in [-0.1, -0.05) is 11.6 Å². The molecule has 5 nitrogen and oxygen atoms in total. The molecule has 0 unspecified atom stereocenters. The molecule has 22 heavy (non-hydrogen) atoms. The Hall–Kier alpha value is -2.66. The number of Topliss-reactive ketones (excluding diaryl/α,β-unsaturated/α-hetero) is 1. The number of hydrogen-bond donors (Lipinski definition) is 0. The van der Waals surface area contributed by atoms with Gasteiger partial charge in [0.1, 0.15) is 17.2 Å². The van der Waals surface area contributed by atoms with Crippen molar-refractivity contribution in [2.75, 3.05) is 7.11 Å². The van der Waals surface area contributed by atoms with Crippen molar-refractivity contribution in [2.45, 2.75) is 0 Å². The van der Waals surface area contributed by atoms with Gasteiger partial charge in [-0.05, 0) is 36.4 Å². The van der Waals surface area contributed by atoms with Gasteiger partial charge in [-0.15, -0.1) is 0 Å². The molecule has 2 aromatic carbocycles. The number of hydrogen-bond acceptors (Lipinski definition) is 4. The van der Waals surface area contributed by atoms with E-state index in [4.69, 9.17) is 21.1 Å². The van der Waals surface area contributed by atoms with E-state index in [1.54, 1.807) is 37.4 Å². The molecular weight excluding hydrogens is 306 g/mol. The van der Waals surface area contributed by atoms with Gasteiger partial charge in [0.2, 0.25) is 5.78 Å². The molecule has 6 heteroatoms. The van der Waals surface area contributed by atoms with Gasteiger partial charge < -0.3 is 9.47 Å². The first-order chi connectivity index (χ1) is 10.6. The zero-order valence-electron chi connectivity index (χ0n) is 11.5. The van der Waals surface area contributed by atoms with E-state index in [1.807, 2.05) is 0 Å². The standard InChI is InChI=1S/C16H10ClNO4/c1-21-10-2-4-11(5-3-10)22-15-7-9-6-14(19)16(20)18-13(9)8-12(15)17/h2-8H,1H3. The normalized spacial score (nSPS) is 13.0. The lowest BCUT2D eigenvalue weighted by Crippen LogP contribution is -2.33. The van der Waals surface area contributed by atoms with Crippen molar-refractivity contribution in [1.82, 2.24) is 0 Å². The minimum atomic E-state index is -0.799. The van der Waals surface area contributed by atoms with Gasteiger partial charge in [0.25, 0.3) is 0 Å². The summed E-state index contributed by atoms with van der Waals surface area (Å²) in [5.74, 6) is 0.190. The molecular formula is C16H10ClNO4. The van der Waals surface area contributed by atoms with E-state index in [0.29, 0.717) is 32.8 Å². The molecule has 1 heterocycles. The highest BCUT2D eigenvalue weighted by Gasteiger charge is 2.15. The summed E-state index contributed by atoms with van der Waals surface area (Å²) in [4.78, 5) is 26.3. The summed E-state index contributed by atoms with van der Waals surface area (Å²) in [6, 6.07) is 10.1. The van der Waals surface area contributed by atoms with Crippen LogP contribution < -0.4 is 20.0 Å². The zero-order valence-corrected chi connectivity index (χ0v) is 12.3. The van der Waals surface area contributed by atoms with Gasteiger partial charge >= 0.3 is 5.91 Å². The van der Waals surface area contributed by atoms with E-state index in [9.17, 15) is 9.59 Å². The fourth-order valence-electron chi connectivity index (χ4n) is 1.99. The van der Waals surface area contributed by atoms with Crippen molar-refractivity contribution in [3.05, 3.63) is 52.0 Å². The first-order valence-corrected chi connectivity index (χ1v) is 6.75. The minimum absolute atomic E-state index is 0.300. The van der Waals surface area contributed by atoms with Crippen LogP contribution in [0.5, 0.6) is 17.2 Å². The van der Waals surface area contributed by atoms with Crippen LogP contribution in [0, 0.1) is 0 Å². The van der Waals surface area contributed by atoms with Crippen LogP contribution in [-0.4, -0.2) is 18.8 Å². The van der Waals surface area contributed by atoms with Gasteiger partial charge in [-0.25, -0.2) is 4.99 Å². The number of halogens is 1. The third-order valence-corrected chi connectivity index (χ3v) is 3.38. The molecule has 0 aliphatic carbocycles. The maximum atomic E-state index is 11.4. The molecule has 0 saturated heterocycles. The van der Waals surface area contributed by atoms with E-state index in [-0.39, 0.29) is 0 Å². The van der Waals surface area contributed by atoms with Gasteiger partial charge in [-0.2, -0.15) is 0 Å². The fourth-order valence-corrected chi connectivity index (χ4v) is 2.18. The van der Waals surface area contributed by atoms with Crippen molar-refractivity contribution < 1.29 is 19.1 Å². The van der Waals surface area contributed by atoms with Crippen molar-refractivity contribution >= 4 is 29.4 Å². The topological polar surface area (TPSA) is 65.0 Å². The first-order valence-electron chi connectivity index (χ1n) is 6.37. The number of benzene rings is 2. The highest BCUT2D eigenvalue weighted by atomic mass is 35.5. The summed E-state index contributed by atoms with van der Waals surface area (Å²) in [7, 11) is 1.58. The van der Waals surface area contributed by atoms with E-state index < -0.39 is 11.7 Å². The molecule has 2 aromatic rings. The van der Waals surface area contributed by atoms with Crippen LogP contribution in [0.4, 0.5) is 0 Å². The van der Waals surface area contributed by atoms with Crippen LogP contribution >= 0.6 is 11.6 Å². The van der Waals surface area contributed by atoms with E-state index >= 15 is 0 Å². The number of rotatable bonds is 3. The molecule has 0 N–H and O–H groups in total. The van der Waals surface area contributed by atoms with Gasteiger partial charge in [-0.3, -0.25) is 9.59 Å². The second-order valence-corrected chi connectivity index (χ2v) is 4.95. The molecule has 0 spiro atoms. The lowest BCUT2D eigenvalue weighted by Gasteiger charge is -2.09. The quantitative estimate of drug-likeness (QED) is 0.808. The van der Waals surface area contributed by atoms with Crippen molar-refractivity contribution in [1.29, 1.82) is 0 Å². The summed E-state index contributed by atoms with van der Waals surface area (Å²) < 4.78 is 10.8. The highest BCUT2D eigenvalue weighted by molar-refractivity contribution is 6.48. The number of amides is 1. The third-order valence-electron chi connectivity index (χ3n) is 3.09. The average molecular weight is 316 g/mol. The second kappa shape index (κ2) is 5.61. The maximum absolute atomic E-state index is 11.4. The predicted molar refractivity (Wildman–Crippen MR) is 79.8 cm³/mol. The molecule has 1 amide bonds. The minimum Gasteiger partial charge on any atom is -0.497 e. The Morgan fingerprint density at radius 1 is 1.05 bits per heavy atom. The number of nitrogens with zero attached hydrogens (tertiary/aromatic N) is 1. The number of ether oxygens (including phenoxy) is 2. The summed E-state index contributed by atoms with van der Waals surface area (Å²) in [5, 5.41) is 1.16. The Kier molecular flexibility index (Phi) is 3.65. The lowest BCUT2D eigenvalue weighted by atomic mass is 10.2. The van der Waals surface area contributed by atoms with Gasteiger partial charge in [0, 0.05) is 11.3 Å². The Labute approximate surface area is 130 Å². The summed E-state index contributed by atoms with van der Waals surface area (Å²) in [6.45, 7) is 0. The molecule has 0 radical (unpaired) electrons. The maximum Gasteiger partial charge on any atom is 0.317 e. The Bertz CT molecular complexity index is 888. The van der Waals surface area contributed by atoms with Crippen LogP contribution in [0.2, 0.25) is 5.02 Å². The Morgan fingerprint density at radius 2 is 1.73 bits per heavy atom. The molecule has 0 atom stereocenters. The largest absolute Gasteiger partial charge is 0.497 e. The average Bonchev–Trinajstić information content (AvgIpc) is 2.51. The van der Waals surface area contributed by atoms with E-state index in [1.165, 1.54) is 12.1 Å². The predicted octanol–water partition coefficient (Wildman–Crippen LogP) is 1.65. The van der Waals surface area contributed by atoms with Crippen LogP contribution in [0.25, 0.3) is 6.08 Å². The molecule has 3 rings (SSSR count). The van der Waals surface area contributed by atoms with E-state index in [0.717, 1.165) is 0 Å². The molecule has 0 aromatic heterocycles. The molecule has 1 aliphatic heterocycles. The molecule has 1 aliphatic rings. The smallest absolute Gasteiger partial charge is 0.317 e. The number of ketones is 1. The van der Waals surface area contributed by atoms with Gasteiger partial charge in [0.05, 0.1) is 17.5 Å². The molecule has 110 valence electrons. The monoisotopic (exact) mass is 315 g/mol. The zero-order chi connectivity index (χ0) is 15.7. The first kappa shape index (κ1) is 14.3. The number of methoxy groups -OCH3 is 1. The molecule has 0 fully saturated rings. The summed E-state index contributed by atoms with van der Waals surface area (Å²) >= 11 is 6.13. The van der Waals surface area contributed by atoms with Crippen LogP contribution in [0.1, 0.15) is 0 Å². The summed E-state index contributed by atoms with van der Waals surface area (Å²) in [5.41, 5.74) is 0. The van der Waals surface area contributed by atoms with Crippen molar-refractivity contribution in [3.8, 4) is 17.2 Å². The van der Waals surface area contributed by atoms with Crippen LogP contribution in [-0.2, 0) is 9.59 Å². The van der Waals surface area contributed by atoms with Crippen molar-refractivity contribution in [3.63, 3.8) is 0 Å². The number of carbonyl (C=O) groups excluding carboxylic acids is 2. The van der Waals surface area contributed by atoms with Crippen LogP contribution in [0.15, 0.2) is 41.4 Å². The van der Waals surface area contributed by atoms with E-state index in [2.05, 4.69) is 4.99 Å². The third kappa shape index (κ3) is 2.71. The number of fused-ring (bicyclic) bond motifs is 1. The second-order valence-electron chi connectivity index (χ2n) is 4.54. The van der Waals surface area contributed by atoms with Crippen molar-refractivity contribution in [2.24, 2.45) is 4.99 Å². The highest BCUT2D eigenvalue weighted by Crippen LogP contribution is 2.28. The van der Waals surface area contributed by atoms with Crippen LogP contribution in [0.3, 0.4) is 0 Å². The Morgan fingerprint density at radius 3 is 2.41 bits per heavy atom. The fraction of sp³-hybridized carbons (Fsp3) is 0.0625. The van der Waals surface area contributed by atoms with Gasteiger partial charge in [0.15, 0.2) is 0 Å². The molecule has 0 saturated carbocycles. The number of carbonyl (C=O) groups is 2. The Balaban J connectivity index is 2.00. The lowest BCUT2D eigenvalue weighted by molar-refractivity contribution is -0.132.